The third-order valence-electron chi connectivity index (χ3n) is 4.58. The number of rotatable bonds is 2. The normalized spacial score (nSPS) is 27.5. The average Bonchev–Trinajstić information content (AvgIpc) is 2.90. The molecular formula is C15H15ClFNO4. The van der Waals surface area contributed by atoms with Gasteiger partial charge >= 0.3 is 5.97 Å². The number of aliphatic carboxylic acids is 1. The number of carbonyl (C=O) groups is 2. The van der Waals surface area contributed by atoms with Crippen LogP contribution in [-0.4, -0.2) is 48.2 Å². The van der Waals surface area contributed by atoms with E-state index in [4.69, 9.17) is 16.3 Å². The maximum absolute atomic E-state index is 13.9. The fourth-order valence-electron chi connectivity index (χ4n) is 3.29. The van der Waals surface area contributed by atoms with Gasteiger partial charge < -0.3 is 14.7 Å². The van der Waals surface area contributed by atoms with E-state index in [0.29, 0.717) is 19.6 Å². The molecule has 2 saturated heterocycles. The van der Waals surface area contributed by atoms with Crippen molar-refractivity contribution in [3.05, 3.63) is 34.6 Å². The van der Waals surface area contributed by atoms with Crippen molar-refractivity contribution < 1.29 is 23.8 Å². The number of carboxylic acid groups (broad SMARTS) is 1. The van der Waals surface area contributed by atoms with Crippen LogP contribution < -0.4 is 0 Å². The van der Waals surface area contributed by atoms with Crippen LogP contribution >= 0.6 is 11.6 Å². The van der Waals surface area contributed by atoms with E-state index in [0.717, 1.165) is 6.07 Å². The topological polar surface area (TPSA) is 66.8 Å². The van der Waals surface area contributed by atoms with E-state index < -0.39 is 23.1 Å². The SMILES string of the molecule is O=C(c1cc(Cl)ccc1F)N1C[C@H]2COCC[C@@]2(C(=O)O)C1. The Morgan fingerprint density at radius 2 is 2.23 bits per heavy atom. The van der Waals surface area contributed by atoms with Crippen molar-refractivity contribution in [2.45, 2.75) is 6.42 Å². The van der Waals surface area contributed by atoms with Crippen molar-refractivity contribution in [2.75, 3.05) is 26.3 Å². The summed E-state index contributed by atoms with van der Waals surface area (Å²) in [5.41, 5.74) is -1.13. The monoisotopic (exact) mass is 327 g/mol. The van der Waals surface area contributed by atoms with Crippen LogP contribution in [0.5, 0.6) is 0 Å². The molecule has 1 aromatic rings. The number of benzene rings is 1. The first-order chi connectivity index (χ1) is 10.4. The zero-order chi connectivity index (χ0) is 15.9. The van der Waals surface area contributed by atoms with Crippen LogP contribution in [0.2, 0.25) is 5.02 Å². The molecule has 1 amide bonds. The molecule has 1 aromatic carbocycles. The van der Waals surface area contributed by atoms with E-state index in [1.54, 1.807) is 0 Å². The summed E-state index contributed by atoms with van der Waals surface area (Å²) in [5.74, 6) is -2.40. The van der Waals surface area contributed by atoms with E-state index in [9.17, 15) is 19.1 Å². The largest absolute Gasteiger partial charge is 0.481 e. The molecule has 0 aliphatic carbocycles. The number of amides is 1. The molecule has 1 N–H and O–H groups in total. The van der Waals surface area contributed by atoms with E-state index in [2.05, 4.69) is 0 Å². The maximum atomic E-state index is 13.9. The van der Waals surface area contributed by atoms with Crippen molar-refractivity contribution in [2.24, 2.45) is 11.3 Å². The van der Waals surface area contributed by atoms with Crippen LogP contribution in [0.25, 0.3) is 0 Å². The van der Waals surface area contributed by atoms with Crippen molar-refractivity contribution in [1.82, 2.24) is 4.90 Å². The van der Waals surface area contributed by atoms with Gasteiger partial charge in [-0.2, -0.15) is 0 Å². The maximum Gasteiger partial charge on any atom is 0.311 e. The van der Waals surface area contributed by atoms with Crippen LogP contribution in [0.15, 0.2) is 18.2 Å². The summed E-state index contributed by atoms with van der Waals surface area (Å²) in [7, 11) is 0. The van der Waals surface area contributed by atoms with Gasteiger partial charge in [-0.15, -0.1) is 0 Å². The second-order valence-corrected chi connectivity index (χ2v) is 6.23. The zero-order valence-corrected chi connectivity index (χ0v) is 12.5. The minimum atomic E-state index is -0.997. The predicted octanol–water partition coefficient (Wildman–Crippen LogP) is 2.04. The fourth-order valence-corrected chi connectivity index (χ4v) is 3.46. The molecule has 2 atom stereocenters. The molecule has 0 radical (unpaired) electrons. The van der Waals surface area contributed by atoms with Crippen molar-refractivity contribution in [1.29, 1.82) is 0 Å². The molecule has 0 saturated carbocycles. The Balaban J connectivity index is 1.89. The number of nitrogens with zero attached hydrogens (tertiary/aromatic N) is 1. The number of ether oxygens (including phenoxy) is 1. The summed E-state index contributed by atoms with van der Waals surface area (Å²) in [5, 5.41) is 9.84. The van der Waals surface area contributed by atoms with Crippen molar-refractivity contribution in [3.8, 4) is 0 Å². The lowest BCUT2D eigenvalue weighted by molar-refractivity contribution is -0.157. The van der Waals surface area contributed by atoms with Gasteiger partial charge in [0.2, 0.25) is 0 Å². The molecule has 7 heteroatoms. The molecule has 0 spiro atoms. The standard InChI is InChI=1S/C15H15ClFNO4/c16-10-1-2-12(17)11(5-10)13(19)18-6-9-7-22-4-3-15(9,8-18)14(20)21/h1-2,5,9H,3-4,6-8H2,(H,20,21)/t9-,15+/m0/s1. The van der Waals surface area contributed by atoms with Crippen molar-refractivity contribution in [3.63, 3.8) is 0 Å². The van der Waals surface area contributed by atoms with Gasteiger partial charge in [-0.05, 0) is 24.6 Å². The lowest BCUT2D eigenvalue weighted by Crippen LogP contribution is -2.45. The first kappa shape index (κ1) is 15.2. The summed E-state index contributed by atoms with van der Waals surface area (Å²) in [6, 6.07) is 3.77. The summed E-state index contributed by atoms with van der Waals surface area (Å²) >= 11 is 5.82. The van der Waals surface area contributed by atoms with Gasteiger partial charge in [0.1, 0.15) is 5.82 Å². The molecule has 2 aliphatic heterocycles. The Morgan fingerprint density at radius 3 is 2.91 bits per heavy atom. The Morgan fingerprint density at radius 1 is 1.45 bits per heavy atom. The van der Waals surface area contributed by atoms with E-state index in [1.807, 2.05) is 0 Å². The first-order valence-corrected chi connectivity index (χ1v) is 7.37. The van der Waals surface area contributed by atoms with Crippen LogP contribution in [0.1, 0.15) is 16.8 Å². The molecule has 2 aliphatic rings. The molecular weight excluding hydrogens is 313 g/mol. The number of carbonyl (C=O) groups excluding carboxylic acids is 1. The molecule has 0 aromatic heterocycles. The zero-order valence-electron chi connectivity index (χ0n) is 11.7. The van der Waals surface area contributed by atoms with Gasteiger partial charge in [0.15, 0.2) is 0 Å². The van der Waals surface area contributed by atoms with Gasteiger partial charge in [0.05, 0.1) is 17.6 Å². The second kappa shape index (κ2) is 5.52. The Labute approximate surface area is 131 Å². The minimum Gasteiger partial charge on any atom is -0.481 e. The molecule has 3 rings (SSSR count). The number of hydrogen-bond donors (Lipinski definition) is 1. The van der Waals surface area contributed by atoms with Crippen LogP contribution in [0.4, 0.5) is 4.39 Å². The smallest absolute Gasteiger partial charge is 0.311 e. The third kappa shape index (κ3) is 2.36. The molecule has 118 valence electrons. The third-order valence-corrected chi connectivity index (χ3v) is 4.81. The van der Waals surface area contributed by atoms with E-state index in [1.165, 1.54) is 17.0 Å². The average molecular weight is 328 g/mol. The second-order valence-electron chi connectivity index (χ2n) is 5.79. The Kier molecular flexibility index (Phi) is 3.82. The molecule has 22 heavy (non-hydrogen) atoms. The van der Waals surface area contributed by atoms with Gasteiger partial charge in [-0.25, -0.2) is 4.39 Å². The highest BCUT2D eigenvalue weighted by molar-refractivity contribution is 6.31. The minimum absolute atomic E-state index is 0.0706. The number of fused-ring (bicyclic) bond motifs is 1. The van der Waals surface area contributed by atoms with E-state index >= 15 is 0 Å². The first-order valence-electron chi connectivity index (χ1n) is 6.99. The summed E-state index contributed by atoms with van der Waals surface area (Å²) in [6.07, 6.45) is 0.356. The Bertz CT molecular complexity index is 638. The van der Waals surface area contributed by atoms with E-state index in [-0.39, 0.29) is 29.6 Å². The predicted molar refractivity (Wildman–Crippen MR) is 76.3 cm³/mol. The number of halogens is 2. The lowest BCUT2D eigenvalue weighted by Gasteiger charge is -2.33. The molecule has 5 nitrogen and oxygen atoms in total. The molecule has 0 bridgehead atoms. The number of likely N-dealkylation sites (tertiary alicyclic amines) is 1. The van der Waals surface area contributed by atoms with Crippen LogP contribution in [0.3, 0.4) is 0 Å². The van der Waals surface area contributed by atoms with Gasteiger partial charge in [0, 0.05) is 30.6 Å². The summed E-state index contributed by atoms with van der Waals surface area (Å²) < 4.78 is 19.2. The number of hydrogen-bond acceptors (Lipinski definition) is 3. The fraction of sp³-hybridized carbons (Fsp3) is 0.467. The highest BCUT2D eigenvalue weighted by atomic mass is 35.5. The number of carboxylic acids is 1. The van der Waals surface area contributed by atoms with Crippen LogP contribution in [-0.2, 0) is 9.53 Å². The quantitative estimate of drug-likeness (QED) is 0.902. The Hall–Kier alpha value is -1.66. The lowest BCUT2D eigenvalue weighted by atomic mass is 9.74. The highest BCUT2D eigenvalue weighted by Gasteiger charge is 2.55. The molecule has 2 heterocycles. The highest BCUT2D eigenvalue weighted by Crippen LogP contribution is 2.43. The van der Waals surface area contributed by atoms with Gasteiger partial charge in [-0.3, -0.25) is 9.59 Å². The molecule has 2 fully saturated rings. The summed E-state index contributed by atoms with van der Waals surface area (Å²) in [4.78, 5) is 25.6. The van der Waals surface area contributed by atoms with Gasteiger partial charge in [-0.1, -0.05) is 11.6 Å². The van der Waals surface area contributed by atoms with Gasteiger partial charge in [0.25, 0.3) is 5.91 Å². The van der Waals surface area contributed by atoms with Crippen molar-refractivity contribution >= 4 is 23.5 Å². The van der Waals surface area contributed by atoms with Crippen LogP contribution in [0, 0.1) is 17.2 Å². The summed E-state index contributed by atoms with van der Waals surface area (Å²) in [6.45, 7) is 0.975. The molecule has 0 unspecified atom stereocenters.